The fourth-order valence-electron chi connectivity index (χ4n) is 7.19. The molecule has 0 radical (unpaired) electrons. The van der Waals surface area contributed by atoms with Gasteiger partial charge in [-0.1, -0.05) is 66.2 Å². The average Bonchev–Trinajstić information content (AvgIpc) is 3.22. The van der Waals surface area contributed by atoms with Crippen LogP contribution in [0, 0.1) is 5.82 Å². The van der Waals surface area contributed by atoms with Crippen molar-refractivity contribution in [3.8, 4) is 11.1 Å². The minimum atomic E-state index is -5.21. The number of hydrogen-bond donors (Lipinski definition) is 2. The number of fused-ring (bicyclic) bond motifs is 1. The van der Waals surface area contributed by atoms with Gasteiger partial charge >= 0.3 is 6.18 Å². The third-order valence-corrected chi connectivity index (χ3v) is 13.1. The fourth-order valence-corrected chi connectivity index (χ4v) is 9.42. The lowest BCUT2D eigenvalue weighted by atomic mass is 9.99. The molecule has 60 heavy (non-hydrogen) atoms. The van der Waals surface area contributed by atoms with Gasteiger partial charge in [0.15, 0.2) is 11.6 Å². The number of thioether (sulfide) groups is 1. The van der Waals surface area contributed by atoms with Gasteiger partial charge in [-0.05, 0) is 98.3 Å². The number of aromatic nitrogens is 2. The zero-order chi connectivity index (χ0) is 42.4. The number of piperazine rings is 1. The Bertz CT molecular complexity index is 2520. The lowest BCUT2D eigenvalue weighted by Crippen LogP contribution is -2.46. The molecule has 0 amide bonds. The molecule has 5 aromatic carbocycles. The van der Waals surface area contributed by atoms with Gasteiger partial charge in [-0.3, -0.25) is 9.62 Å². The smallest absolute Gasteiger partial charge is 0.381 e. The highest BCUT2D eigenvalue weighted by Crippen LogP contribution is 2.40. The molecule has 314 valence electrons. The number of anilines is 3. The Labute approximate surface area is 356 Å². The summed E-state index contributed by atoms with van der Waals surface area (Å²) in [6, 6.07) is 32.1. The number of nitrogens with zero attached hydrogens (tertiary/aromatic N) is 5. The van der Waals surface area contributed by atoms with Crippen LogP contribution in [0.4, 0.5) is 34.8 Å². The predicted molar refractivity (Wildman–Crippen MR) is 234 cm³/mol. The van der Waals surface area contributed by atoms with Crippen LogP contribution in [0.2, 0.25) is 5.02 Å². The summed E-state index contributed by atoms with van der Waals surface area (Å²) in [6.07, 6.45) is -3.60. The highest BCUT2D eigenvalue weighted by molar-refractivity contribution is 7.99. The third-order valence-electron chi connectivity index (χ3n) is 10.3. The number of hydrogen-bond acceptors (Lipinski definition) is 9. The number of nitrogens with one attached hydrogen (secondary N) is 2. The van der Waals surface area contributed by atoms with Gasteiger partial charge in [-0.25, -0.2) is 22.8 Å². The summed E-state index contributed by atoms with van der Waals surface area (Å²) in [4.78, 5) is 14.7. The predicted octanol–water partition coefficient (Wildman–Crippen LogP) is 9.76. The molecule has 2 N–H and O–H groups in total. The van der Waals surface area contributed by atoms with E-state index in [0.717, 1.165) is 72.9 Å². The highest BCUT2D eigenvalue weighted by Gasteiger charge is 2.40. The van der Waals surface area contributed by atoms with Crippen molar-refractivity contribution in [3.05, 3.63) is 137 Å². The quantitative estimate of drug-likeness (QED) is 0.0773. The maximum atomic E-state index is 16.0. The van der Waals surface area contributed by atoms with E-state index in [9.17, 15) is 21.6 Å². The molecule has 6 aromatic rings. The maximum Gasteiger partial charge on any atom is 0.421 e. The summed E-state index contributed by atoms with van der Waals surface area (Å²) >= 11 is 7.58. The second kappa shape index (κ2) is 18.8. The van der Waals surface area contributed by atoms with Crippen molar-refractivity contribution in [1.82, 2.24) is 19.8 Å². The SMILES string of the molecule is CN(C)CCC(CSc1ccccc1)Nc1ccc(S(=O)(=O)Nc2ncnc3cc(N4CCN(Cc5ccccc5-c5ccc(Cl)cc5)CC4)ccc23)c(F)c1C(F)(F)F. The summed E-state index contributed by atoms with van der Waals surface area (Å²) < 4.78 is 89.4. The van der Waals surface area contributed by atoms with Crippen LogP contribution >= 0.6 is 23.4 Å². The van der Waals surface area contributed by atoms with Crippen molar-refractivity contribution in [2.45, 2.75) is 35.0 Å². The van der Waals surface area contributed by atoms with Crippen LogP contribution in [-0.2, 0) is 22.7 Å². The number of benzene rings is 5. The van der Waals surface area contributed by atoms with Crippen molar-refractivity contribution < 1.29 is 26.0 Å². The Morgan fingerprint density at radius 2 is 1.60 bits per heavy atom. The summed E-state index contributed by atoms with van der Waals surface area (Å²) in [5.74, 6) is -1.71. The molecule has 1 aliphatic rings. The van der Waals surface area contributed by atoms with Gasteiger partial charge in [0.25, 0.3) is 10.0 Å². The van der Waals surface area contributed by atoms with Gasteiger partial charge in [0.1, 0.15) is 16.8 Å². The van der Waals surface area contributed by atoms with Gasteiger partial charge < -0.3 is 15.1 Å². The molecule has 0 saturated carbocycles. The molecule has 1 aromatic heterocycles. The van der Waals surface area contributed by atoms with E-state index in [0.29, 0.717) is 34.6 Å². The zero-order valence-corrected chi connectivity index (χ0v) is 35.4. The van der Waals surface area contributed by atoms with Crippen LogP contribution in [0.25, 0.3) is 22.0 Å². The van der Waals surface area contributed by atoms with E-state index in [1.165, 1.54) is 17.3 Å². The Kier molecular flexibility index (Phi) is 13.5. The van der Waals surface area contributed by atoms with Gasteiger partial charge in [-0.2, -0.15) is 13.2 Å². The molecule has 1 fully saturated rings. The van der Waals surface area contributed by atoms with Gasteiger partial charge in [0.05, 0.1) is 5.52 Å². The first-order valence-electron chi connectivity index (χ1n) is 19.3. The van der Waals surface area contributed by atoms with Gasteiger partial charge in [0.2, 0.25) is 0 Å². The standard InChI is InChI=1S/C44H44ClF4N7O2S2/c1-54(2)21-20-33(28-59-35-9-4-3-5-10-35)52-38-18-19-40(42(46)41(38)44(47,48)49)60(57,58)53-43-37-17-16-34(26-39(37)50-29-51-43)56-24-22-55(23-25-56)27-31-8-6-7-11-36(31)30-12-14-32(45)15-13-30/h3-19,26,29,33,52H,20-25,27-28H2,1-2H3,(H,50,51,53). The van der Waals surface area contributed by atoms with Crippen molar-refractivity contribution in [1.29, 1.82) is 0 Å². The Balaban J connectivity index is 1.06. The average molecular weight is 878 g/mol. The molecule has 2 heterocycles. The van der Waals surface area contributed by atoms with E-state index >= 15 is 4.39 Å². The third kappa shape index (κ3) is 10.5. The Morgan fingerprint density at radius 1 is 0.883 bits per heavy atom. The normalized spacial score (nSPS) is 14.4. The van der Waals surface area contributed by atoms with E-state index in [2.05, 4.69) is 41.9 Å². The lowest BCUT2D eigenvalue weighted by molar-refractivity contribution is -0.139. The first-order valence-corrected chi connectivity index (χ1v) is 22.2. The van der Waals surface area contributed by atoms with Crippen LogP contribution in [0.1, 0.15) is 17.5 Å². The van der Waals surface area contributed by atoms with Crippen LogP contribution in [0.15, 0.2) is 125 Å². The highest BCUT2D eigenvalue weighted by atomic mass is 35.5. The topological polar surface area (TPSA) is 93.7 Å². The van der Waals surface area contributed by atoms with Gasteiger partial charge in [-0.15, -0.1) is 11.8 Å². The van der Waals surface area contributed by atoms with Crippen LogP contribution < -0.4 is 14.9 Å². The molecule has 1 atom stereocenters. The molecule has 7 rings (SSSR count). The summed E-state index contributed by atoms with van der Waals surface area (Å²) in [6.45, 7) is 4.38. The molecule has 1 aliphatic heterocycles. The second-order valence-corrected chi connectivity index (χ2v) is 18.0. The Morgan fingerprint density at radius 3 is 2.32 bits per heavy atom. The molecular formula is C44H44ClF4N7O2S2. The number of rotatable bonds is 15. The zero-order valence-electron chi connectivity index (χ0n) is 33.0. The first-order chi connectivity index (χ1) is 28.7. The molecule has 0 bridgehead atoms. The van der Waals surface area contributed by atoms with Crippen LogP contribution in [-0.4, -0.2) is 86.8 Å². The van der Waals surface area contributed by atoms with E-state index in [1.807, 2.05) is 97.9 Å². The second-order valence-electron chi connectivity index (χ2n) is 14.8. The molecule has 1 unspecified atom stereocenters. The molecule has 16 heteroatoms. The molecular weight excluding hydrogens is 834 g/mol. The summed E-state index contributed by atoms with van der Waals surface area (Å²) in [5, 5.41) is 3.86. The first kappa shape index (κ1) is 43.2. The number of halogens is 5. The van der Waals surface area contributed by atoms with E-state index in [-0.39, 0.29) is 5.82 Å². The van der Waals surface area contributed by atoms with Crippen molar-refractivity contribution in [2.24, 2.45) is 0 Å². The Hall–Kier alpha value is -4.93. The van der Waals surface area contributed by atoms with E-state index in [4.69, 9.17) is 11.6 Å². The van der Waals surface area contributed by atoms with Crippen molar-refractivity contribution >= 4 is 61.5 Å². The van der Waals surface area contributed by atoms with E-state index in [1.54, 1.807) is 6.07 Å². The van der Waals surface area contributed by atoms with Crippen LogP contribution in [0.3, 0.4) is 0 Å². The molecule has 0 aliphatic carbocycles. The largest absolute Gasteiger partial charge is 0.421 e. The maximum absolute atomic E-state index is 16.0. The lowest BCUT2D eigenvalue weighted by Gasteiger charge is -2.36. The molecule has 1 saturated heterocycles. The summed E-state index contributed by atoms with van der Waals surface area (Å²) in [7, 11) is -1.19. The summed E-state index contributed by atoms with van der Waals surface area (Å²) in [5.41, 5.74) is 2.52. The molecule has 0 spiro atoms. The number of sulfonamides is 1. The fraction of sp³-hybridized carbons (Fsp3) is 0.273. The van der Waals surface area contributed by atoms with Gasteiger partial charge in [0, 0.05) is 71.2 Å². The number of alkyl halides is 3. The van der Waals surface area contributed by atoms with Crippen molar-refractivity contribution in [3.63, 3.8) is 0 Å². The van der Waals surface area contributed by atoms with E-state index < -0.39 is 44.2 Å². The van der Waals surface area contributed by atoms with Crippen molar-refractivity contribution in [2.75, 3.05) is 67.5 Å². The van der Waals surface area contributed by atoms with Crippen LogP contribution in [0.5, 0.6) is 0 Å². The molecule has 9 nitrogen and oxygen atoms in total. The minimum absolute atomic E-state index is 0.187. The minimum Gasteiger partial charge on any atom is -0.381 e. The monoisotopic (exact) mass is 877 g/mol.